The standard InChI is InChI=1S/C12H9F3N4/c13-12(14,15)9-6-18-19(7-9)10-1-2-11(17)8(5-10)3-4-16/h1-2,5-7H,3,17H2. The number of rotatable bonds is 2. The zero-order valence-electron chi connectivity index (χ0n) is 9.65. The quantitative estimate of drug-likeness (QED) is 0.849. The fraction of sp³-hybridized carbons (Fsp3) is 0.167. The van der Waals surface area contributed by atoms with Crippen molar-refractivity contribution in [2.24, 2.45) is 0 Å². The average Bonchev–Trinajstić information content (AvgIpc) is 2.81. The number of anilines is 1. The van der Waals surface area contributed by atoms with Gasteiger partial charge in [-0.1, -0.05) is 0 Å². The van der Waals surface area contributed by atoms with Crippen LogP contribution in [0.3, 0.4) is 0 Å². The molecule has 2 N–H and O–H groups in total. The molecule has 2 aromatic rings. The lowest BCUT2D eigenvalue weighted by Gasteiger charge is -2.06. The molecule has 4 nitrogen and oxygen atoms in total. The number of benzene rings is 1. The van der Waals surface area contributed by atoms with Crippen molar-refractivity contribution in [2.45, 2.75) is 12.6 Å². The minimum Gasteiger partial charge on any atom is -0.398 e. The van der Waals surface area contributed by atoms with Crippen molar-refractivity contribution in [1.29, 1.82) is 5.26 Å². The van der Waals surface area contributed by atoms with Crippen molar-refractivity contribution in [3.8, 4) is 11.8 Å². The molecule has 0 aliphatic rings. The van der Waals surface area contributed by atoms with Crippen LogP contribution < -0.4 is 5.73 Å². The summed E-state index contributed by atoms with van der Waals surface area (Å²) in [6, 6.07) is 6.57. The summed E-state index contributed by atoms with van der Waals surface area (Å²) >= 11 is 0. The maximum atomic E-state index is 12.5. The summed E-state index contributed by atoms with van der Waals surface area (Å²) in [5.74, 6) is 0. The van der Waals surface area contributed by atoms with Crippen LogP contribution in [0.5, 0.6) is 0 Å². The molecule has 0 saturated heterocycles. The highest BCUT2D eigenvalue weighted by atomic mass is 19.4. The van der Waals surface area contributed by atoms with E-state index in [1.807, 2.05) is 6.07 Å². The Bertz CT molecular complexity index is 637. The Kier molecular flexibility index (Phi) is 3.17. The Hall–Kier alpha value is -2.49. The van der Waals surface area contributed by atoms with E-state index in [9.17, 15) is 13.2 Å². The molecule has 7 heteroatoms. The van der Waals surface area contributed by atoms with Gasteiger partial charge in [-0.3, -0.25) is 0 Å². The zero-order valence-corrected chi connectivity index (χ0v) is 9.65. The minimum absolute atomic E-state index is 0.0903. The van der Waals surface area contributed by atoms with Crippen LogP contribution >= 0.6 is 0 Å². The van der Waals surface area contributed by atoms with Gasteiger partial charge in [0.25, 0.3) is 0 Å². The summed E-state index contributed by atoms with van der Waals surface area (Å²) in [6.45, 7) is 0. The van der Waals surface area contributed by atoms with Crippen LogP contribution in [0.1, 0.15) is 11.1 Å². The van der Waals surface area contributed by atoms with E-state index in [0.29, 0.717) is 16.9 Å². The van der Waals surface area contributed by atoms with Crippen LogP contribution in [0.25, 0.3) is 5.69 Å². The Morgan fingerprint density at radius 3 is 2.68 bits per heavy atom. The van der Waals surface area contributed by atoms with Gasteiger partial charge in [-0.15, -0.1) is 0 Å². The van der Waals surface area contributed by atoms with Gasteiger partial charge in [-0.05, 0) is 23.8 Å². The third kappa shape index (κ3) is 2.68. The van der Waals surface area contributed by atoms with E-state index in [1.165, 1.54) is 6.07 Å². The summed E-state index contributed by atoms with van der Waals surface area (Å²) < 4.78 is 38.5. The molecular weight excluding hydrogens is 257 g/mol. The van der Waals surface area contributed by atoms with Gasteiger partial charge in [-0.25, -0.2) is 4.68 Å². The van der Waals surface area contributed by atoms with E-state index >= 15 is 0 Å². The number of aromatic nitrogens is 2. The molecule has 0 fully saturated rings. The van der Waals surface area contributed by atoms with Crippen LogP contribution in [0.2, 0.25) is 0 Å². The molecule has 0 aliphatic carbocycles. The third-order valence-corrected chi connectivity index (χ3v) is 2.57. The fourth-order valence-corrected chi connectivity index (χ4v) is 1.58. The van der Waals surface area contributed by atoms with E-state index in [1.54, 1.807) is 12.1 Å². The van der Waals surface area contributed by atoms with Gasteiger partial charge in [0.1, 0.15) is 0 Å². The molecule has 98 valence electrons. The summed E-state index contributed by atoms with van der Waals surface area (Å²) in [7, 11) is 0. The number of hydrogen-bond donors (Lipinski definition) is 1. The van der Waals surface area contributed by atoms with Gasteiger partial charge in [0.15, 0.2) is 0 Å². The first-order valence-corrected chi connectivity index (χ1v) is 5.29. The topological polar surface area (TPSA) is 67.6 Å². The van der Waals surface area contributed by atoms with Gasteiger partial charge in [0, 0.05) is 11.9 Å². The van der Waals surface area contributed by atoms with Gasteiger partial charge in [-0.2, -0.15) is 23.5 Å². The molecule has 0 aliphatic heterocycles. The number of halogens is 3. The monoisotopic (exact) mass is 266 g/mol. The molecule has 1 heterocycles. The van der Waals surface area contributed by atoms with Crippen LogP contribution in [0, 0.1) is 11.3 Å². The first kappa shape index (κ1) is 13.0. The summed E-state index contributed by atoms with van der Waals surface area (Å²) in [5.41, 5.74) is 6.25. The Balaban J connectivity index is 2.40. The highest BCUT2D eigenvalue weighted by Crippen LogP contribution is 2.29. The molecular formula is C12H9F3N4. The van der Waals surface area contributed by atoms with E-state index in [-0.39, 0.29) is 6.42 Å². The van der Waals surface area contributed by atoms with Crippen LogP contribution in [0.15, 0.2) is 30.6 Å². The Morgan fingerprint density at radius 1 is 1.37 bits per heavy atom. The number of alkyl halides is 3. The van der Waals surface area contributed by atoms with Gasteiger partial charge < -0.3 is 5.73 Å². The van der Waals surface area contributed by atoms with Crippen molar-refractivity contribution in [1.82, 2.24) is 9.78 Å². The molecule has 0 atom stereocenters. The summed E-state index contributed by atoms with van der Waals surface area (Å²) in [4.78, 5) is 0. The van der Waals surface area contributed by atoms with Gasteiger partial charge in [0.05, 0.1) is 29.9 Å². The number of hydrogen-bond acceptors (Lipinski definition) is 3. The number of nitriles is 1. The van der Waals surface area contributed by atoms with Crippen LogP contribution in [-0.4, -0.2) is 9.78 Å². The first-order chi connectivity index (χ1) is 8.91. The summed E-state index contributed by atoms with van der Waals surface area (Å²) in [6.07, 6.45) is -2.70. The SMILES string of the molecule is N#CCc1cc(-n2cc(C(F)(F)F)cn2)ccc1N. The van der Waals surface area contributed by atoms with Crippen molar-refractivity contribution in [3.63, 3.8) is 0 Å². The molecule has 0 unspecified atom stereocenters. The summed E-state index contributed by atoms with van der Waals surface area (Å²) in [5, 5.41) is 12.3. The molecule has 0 spiro atoms. The number of nitrogen functional groups attached to an aromatic ring is 1. The average molecular weight is 266 g/mol. The Labute approximate surface area is 106 Å². The second-order valence-corrected chi connectivity index (χ2v) is 3.89. The highest BCUT2D eigenvalue weighted by molar-refractivity contribution is 5.53. The lowest BCUT2D eigenvalue weighted by Crippen LogP contribution is -2.03. The predicted molar refractivity (Wildman–Crippen MR) is 62.3 cm³/mol. The molecule has 2 rings (SSSR count). The normalized spacial score (nSPS) is 11.3. The zero-order chi connectivity index (χ0) is 14.0. The Morgan fingerprint density at radius 2 is 2.11 bits per heavy atom. The molecule has 0 saturated carbocycles. The van der Waals surface area contributed by atoms with Gasteiger partial charge >= 0.3 is 6.18 Å². The maximum Gasteiger partial charge on any atom is 0.419 e. The smallest absolute Gasteiger partial charge is 0.398 e. The van der Waals surface area contributed by atoms with Crippen molar-refractivity contribution in [3.05, 3.63) is 41.7 Å². The minimum atomic E-state index is -4.43. The van der Waals surface area contributed by atoms with Gasteiger partial charge in [0.2, 0.25) is 0 Å². The lowest BCUT2D eigenvalue weighted by atomic mass is 10.1. The van der Waals surface area contributed by atoms with E-state index in [2.05, 4.69) is 5.10 Å². The highest BCUT2D eigenvalue weighted by Gasteiger charge is 2.32. The van der Waals surface area contributed by atoms with Crippen molar-refractivity contribution < 1.29 is 13.2 Å². The van der Waals surface area contributed by atoms with E-state index < -0.39 is 11.7 Å². The number of nitrogens with zero attached hydrogens (tertiary/aromatic N) is 3. The second kappa shape index (κ2) is 4.65. The largest absolute Gasteiger partial charge is 0.419 e. The molecule has 1 aromatic carbocycles. The van der Waals surface area contributed by atoms with Crippen LogP contribution in [0.4, 0.5) is 18.9 Å². The lowest BCUT2D eigenvalue weighted by molar-refractivity contribution is -0.137. The molecule has 0 amide bonds. The fourth-order valence-electron chi connectivity index (χ4n) is 1.58. The van der Waals surface area contributed by atoms with E-state index in [0.717, 1.165) is 17.1 Å². The number of nitrogens with two attached hydrogens (primary N) is 1. The first-order valence-electron chi connectivity index (χ1n) is 5.29. The van der Waals surface area contributed by atoms with E-state index in [4.69, 9.17) is 11.0 Å². The van der Waals surface area contributed by atoms with Crippen molar-refractivity contribution in [2.75, 3.05) is 5.73 Å². The van der Waals surface area contributed by atoms with Crippen molar-refractivity contribution >= 4 is 5.69 Å². The van der Waals surface area contributed by atoms with Crippen LogP contribution in [-0.2, 0) is 12.6 Å². The molecule has 0 radical (unpaired) electrons. The molecule has 19 heavy (non-hydrogen) atoms. The maximum absolute atomic E-state index is 12.5. The third-order valence-electron chi connectivity index (χ3n) is 2.57. The molecule has 1 aromatic heterocycles. The predicted octanol–water partition coefficient (Wildman–Crippen LogP) is 2.54. The molecule has 0 bridgehead atoms. The second-order valence-electron chi connectivity index (χ2n) is 3.89.